The van der Waals surface area contributed by atoms with Gasteiger partial charge in [-0.15, -0.1) is 0 Å². The summed E-state index contributed by atoms with van der Waals surface area (Å²) in [6, 6.07) is 17.4. The van der Waals surface area contributed by atoms with E-state index in [1.807, 2.05) is 0 Å². The predicted molar refractivity (Wildman–Crippen MR) is 81.2 cm³/mol. The SMILES string of the molecule is O=[P+](O)[C@@H](N[C@@H](c1ccccc1)[P+](=O)O)c1ccccc1. The predicted octanol–water partition coefficient (Wildman–Crippen LogP) is 3.44. The molecule has 5 nitrogen and oxygen atoms in total. The lowest BCUT2D eigenvalue weighted by atomic mass is 10.2. The van der Waals surface area contributed by atoms with E-state index in [4.69, 9.17) is 0 Å². The summed E-state index contributed by atoms with van der Waals surface area (Å²) in [5, 5.41) is 2.82. The third-order valence-corrected chi connectivity index (χ3v) is 4.77. The maximum Gasteiger partial charge on any atom is 0.529 e. The zero-order valence-electron chi connectivity index (χ0n) is 11.0. The lowest BCUT2D eigenvalue weighted by Crippen LogP contribution is -2.22. The van der Waals surface area contributed by atoms with E-state index in [2.05, 4.69) is 5.32 Å². The summed E-state index contributed by atoms with van der Waals surface area (Å²) in [6.07, 6.45) is 0. The summed E-state index contributed by atoms with van der Waals surface area (Å²) < 4.78 is 23.2. The van der Waals surface area contributed by atoms with Crippen LogP contribution in [0.2, 0.25) is 0 Å². The molecular weight excluding hydrogens is 308 g/mol. The Balaban J connectivity index is 2.30. The van der Waals surface area contributed by atoms with E-state index in [1.54, 1.807) is 60.7 Å². The van der Waals surface area contributed by atoms with Crippen LogP contribution in [0.15, 0.2) is 60.7 Å². The van der Waals surface area contributed by atoms with E-state index >= 15 is 0 Å². The summed E-state index contributed by atoms with van der Waals surface area (Å²) in [6.45, 7) is 0. The van der Waals surface area contributed by atoms with Crippen molar-refractivity contribution in [2.45, 2.75) is 11.6 Å². The number of hydrogen-bond donors (Lipinski definition) is 3. The highest BCUT2D eigenvalue weighted by molar-refractivity contribution is 7.39. The van der Waals surface area contributed by atoms with Gasteiger partial charge in [0.15, 0.2) is 0 Å². The first-order valence-corrected chi connectivity index (χ1v) is 8.82. The molecule has 0 saturated carbocycles. The van der Waals surface area contributed by atoms with E-state index in [9.17, 15) is 18.9 Å². The smallest absolute Gasteiger partial charge is 0.216 e. The van der Waals surface area contributed by atoms with Crippen LogP contribution in [0.4, 0.5) is 0 Å². The molecule has 0 spiro atoms. The summed E-state index contributed by atoms with van der Waals surface area (Å²) in [4.78, 5) is 19.0. The molecule has 0 aromatic heterocycles. The van der Waals surface area contributed by atoms with Crippen molar-refractivity contribution in [2.75, 3.05) is 0 Å². The van der Waals surface area contributed by atoms with Crippen molar-refractivity contribution in [1.29, 1.82) is 0 Å². The molecule has 0 heterocycles. The van der Waals surface area contributed by atoms with Gasteiger partial charge in [0.05, 0.1) is 0 Å². The van der Waals surface area contributed by atoms with Gasteiger partial charge in [-0.1, -0.05) is 60.7 Å². The zero-order chi connectivity index (χ0) is 15.2. The molecule has 2 aromatic carbocycles. The van der Waals surface area contributed by atoms with Gasteiger partial charge in [-0.3, -0.25) is 0 Å². The Morgan fingerprint density at radius 1 is 0.714 bits per heavy atom. The Bertz CT molecular complexity index is 566. The molecule has 0 aliphatic heterocycles. The maximum absolute atomic E-state index is 11.6. The monoisotopic (exact) mass is 323 g/mol. The lowest BCUT2D eigenvalue weighted by Gasteiger charge is -2.10. The van der Waals surface area contributed by atoms with Gasteiger partial charge in [0, 0.05) is 11.1 Å². The van der Waals surface area contributed by atoms with Gasteiger partial charge in [-0.05, 0) is 9.13 Å². The molecule has 0 radical (unpaired) electrons. The zero-order valence-corrected chi connectivity index (χ0v) is 12.8. The molecule has 0 aliphatic carbocycles. The minimum absolute atomic E-state index is 0.596. The van der Waals surface area contributed by atoms with Gasteiger partial charge in [0.2, 0.25) is 0 Å². The van der Waals surface area contributed by atoms with E-state index in [0.717, 1.165) is 0 Å². The highest BCUT2D eigenvalue weighted by Crippen LogP contribution is 2.43. The van der Waals surface area contributed by atoms with Crippen LogP contribution in [0.25, 0.3) is 0 Å². The first-order chi connectivity index (χ1) is 10.1. The number of rotatable bonds is 6. The van der Waals surface area contributed by atoms with Gasteiger partial charge in [-0.25, -0.2) is 5.32 Å². The van der Waals surface area contributed by atoms with Gasteiger partial charge in [0.1, 0.15) is 0 Å². The maximum atomic E-state index is 11.6. The largest absolute Gasteiger partial charge is 0.529 e. The molecule has 0 aliphatic rings. The van der Waals surface area contributed by atoms with Crippen molar-refractivity contribution >= 4 is 16.1 Å². The van der Waals surface area contributed by atoms with Crippen molar-refractivity contribution in [2.24, 2.45) is 0 Å². The molecule has 3 N–H and O–H groups in total. The third kappa shape index (κ3) is 4.24. The topological polar surface area (TPSA) is 86.6 Å². The summed E-state index contributed by atoms with van der Waals surface area (Å²) in [5.41, 5.74) is 1.19. The average molecular weight is 323 g/mol. The fourth-order valence-electron chi connectivity index (χ4n) is 2.00. The Morgan fingerprint density at radius 2 is 1.05 bits per heavy atom. The van der Waals surface area contributed by atoms with Crippen LogP contribution in [-0.2, 0) is 9.13 Å². The molecule has 2 unspecified atom stereocenters. The molecule has 21 heavy (non-hydrogen) atoms. The fraction of sp³-hybridized carbons (Fsp3) is 0.143. The molecule has 2 rings (SSSR count). The molecular formula is C14H15NO4P2+2. The second-order valence-corrected chi connectivity index (χ2v) is 6.64. The van der Waals surface area contributed by atoms with Crippen molar-refractivity contribution in [1.82, 2.24) is 5.32 Å². The van der Waals surface area contributed by atoms with E-state index < -0.39 is 27.6 Å². The number of benzene rings is 2. The first-order valence-electron chi connectivity index (χ1n) is 6.26. The normalized spacial score (nSPS) is 15.1. The van der Waals surface area contributed by atoms with Crippen LogP contribution in [0, 0.1) is 0 Å². The Kier molecular flexibility index (Phi) is 5.68. The van der Waals surface area contributed by atoms with Crippen LogP contribution in [0.1, 0.15) is 22.7 Å². The van der Waals surface area contributed by atoms with Crippen LogP contribution in [-0.4, -0.2) is 9.79 Å². The summed E-state index contributed by atoms with van der Waals surface area (Å²) in [5.74, 6) is -1.81. The van der Waals surface area contributed by atoms with Crippen LogP contribution >= 0.6 is 16.1 Å². The summed E-state index contributed by atoms with van der Waals surface area (Å²) >= 11 is 0. The molecule has 0 bridgehead atoms. The van der Waals surface area contributed by atoms with Crippen LogP contribution < -0.4 is 5.32 Å². The van der Waals surface area contributed by atoms with Gasteiger partial charge in [0.25, 0.3) is 11.6 Å². The second kappa shape index (κ2) is 7.51. The minimum atomic E-state index is -2.59. The first kappa shape index (κ1) is 15.9. The number of hydrogen-bond acceptors (Lipinski definition) is 3. The Morgan fingerprint density at radius 3 is 1.33 bits per heavy atom. The minimum Gasteiger partial charge on any atom is -0.216 e. The van der Waals surface area contributed by atoms with Crippen molar-refractivity contribution in [3.63, 3.8) is 0 Å². The van der Waals surface area contributed by atoms with Crippen molar-refractivity contribution in [3.05, 3.63) is 71.8 Å². The molecule has 7 heteroatoms. The van der Waals surface area contributed by atoms with E-state index in [0.29, 0.717) is 11.1 Å². The Hall–Kier alpha value is -1.48. The summed E-state index contributed by atoms with van der Waals surface area (Å²) in [7, 11) is -5.18. The average Bonchev–Trinajstić information content (AvgIpc) is 2.49. The quantitative estimate of drug-likeness (QED) is 0.709. The van der Waals surface area contributed by atoms with Gasteiger partial charge in [-0.2, -0.15) is 9.79 Å². The van der Waals surface area contributed by atoms with E-state index in [-0.39, 0.29) is 0 Å². The van der Waals surface area contributed by atoms with Crippen LogP contribution in [0.3, 0.4) is 0 Å². The fourth-order valence-corrected chi connectivity index (χ4v) is 3.52. The highest BCUT2D eigenvalue weighted by Gasteiger charge is 2.41. The van der Waals surface area contributed by atoms with Gasteiger partial charge < -0.3 is 0 Å². The lowest BCUT2D eigenvalue weighted by molar-refractivity contribution is 0.450. The molecule has 4 atom stereocenters. The highest BCUT2D eigenvalue weighted by atomic mass is 31.1. The number of nitrogens with one attached hydrogen (secondary N) is 1. The van der Waals surface area contributed by atoms with E-state index in [1.165, 1.54) is 0 Å². The van der Waals surface area contributed by atoms with Crippen LogP contribution in [0.5, 0.6) is 0 Å². The second-order valence-electron chi connectivity index (χ2n) is 4.40. The van der Waals surface area contributed by atoms with Crippen molar-refractivity contribution in [3.8, 4) is 0 Å². The molecule has 2 aromatic rings. The third-order valence-electron chi connectivity index (χ3n) is 2.99. The molecule has 0 saturated heterocycles. The molecule has 0 fully saturated rings. The Labute approximate surface area is 124 Å². The van der Waals surface area contributed by atoms with Gasteiger partial charge >= 0.3 is 16.1 Å². The molecule has 0 amide bonds. The standard InChI is InChI=1S/C14H13NO4P2/c16-20(17)13(11-7-3-1-4-8-11)15-14(21(18)19)12-9-5-2-6-10-12/h1-10,13-15H/p+2/t13-,14-/m1/s1. The van der Waals surface area contributed by atoms with Crippen molar-refractivity contribution < 1.29 is 18.9 Å². The molecule has 108 valence electrons.